The lowest BCUT2D eigenvalue weighted by Gasteiger charge is -2.24. The van der Waals surface area contributed by atoms with E-state index in [0.717, 1.165) is 6.42 Å². The average molecular weight is 211 g/mol. The van der Waals surface area contributed by atoms with E-state index in [1.54, 1.807) is 0 Å². The molecular weight excluding hydrogens is 190 g/mol. The third kappa shape index (κ3) is 3.10. The number of hydrogen-bond donors (Lipinski definition) is 1. The van der Waals surface area contributed by atoms with Gasteiger partial charge in [-0.1, -0.05) is 26.8 Å². The lowest BCUT2D eigenvalue weighted by Crippen LogP contribution is -2.33. The van der Waals surface area contributed by atoms with Crippen LogP contribution in [0.25, 0.3) is 0 Å². The Bertz CT molecular complexity index is 241. The van der Waals surface area contributed by atoms with Gasteiger partial charge >= 0.3 is 0 Å². The van der Waals surface area contributed by atoms with Crippen molar-refractivity contribution >= 4 is 11.3 Å². The predicted octanol–water partition coefficient (Wildman–Crippen LogP) is 3.83. The summed E-state index contributed by atoms with van der Waals surface area (Å²) in [5, 5.41) is 5.83. The van der Waals surface area contributed by atoms with Gasteiger partial charge in [-0.2, -0.15) is 0 Å². The van der Waals surface area contributed by atoms with Crippen LogP contribution in [0.4, 0.5) is 0 Å². The van der Waals surface area contributed by atoms with Crippen LogP contribution in [0, 0.1) is 5.92 Å². The molecule has 2 atom stereocenters. The summed E-state index contributed by atoms with van der Waals surface area (Å²) in [6.07, 6.45) is 1.16. The monoisotopic (exact) mass is 211 g/mol. The third-order valence-corrected chi connectivity index (χ3v) is 3.74. The van der Waals surface area contributed by atoms with Crippen molar-refractivity contribution in [2.45, 2.75) is 46.2 Å². The molecule has 0 aliphatic rings. The van der Waals surface area contributed by atoms with Crippen molar-refractivity contribution in [2.24, 2.45) is 5.92 Å². The van der Waals surface area contributed by atoms with Crippen molar-refractivity contribution < 1.29 is 0 Å². The van der Waals surface area contributed by atoms with Crippen molar-refractivity contribution in [2.75, 3.05) is 0 Å². The second-order valence-electron chi connectivity index (χ2n) is 4.18. The minimum atomic E-state index is 0.535. The van der Waals surface area contributed by atoms with E-state index < -0.39 is 0 Å². The van der Waals surface area contributed by atoms with E-state index in [0.29, 0.717) is 18.0 Å². The second kappa shape index (κ2) is 5.52. The van der Waals surface area contributed by atoms with E-state index >= 15 is 0 Å². The predicted molar refractivity (Wildman–Crippen MR) is 64.8 cm³/mol. The van der Waals surface area contributed by atoms with Gasteiger partial charge in [-0.3, -0.25) is 0 Å². The first kappa shape index (κ1) is 11.7. The van der Waals surface area contributed by atoms with E-state index in [9.17, 15) is 0 Å². The van der Waals surface area contributed by atoms with E-state index in [2.05, 4.69) is 50.5 Å². The van der Waals surface area contributed by atoms with Gasteiger partial charge in [0.1, 0.15) is 0 Å². The third-order valence-electron chi connectivity index (χ3n) is 2.76. The van der Waals surface area contributed by atoms with Gasteiger partial charge in [0.15, 0.2) is 0 Å². The normalized spacial score (nSPS) is 15.8. The lowest BCUT2D eigenvalue weighted by molar-refractivity contribution is 0.373. The molecule has 0 aromatic carbocycles. The molecule has 0 saturated heterocycles. The number of hydrogen-bond acceptors (Lipinski definition) is 2. The summed E-state index contributed by atoms with van der Waals surface area (Å²) in [4.78, 5) is 1.46. The van der Waals surface area contributed by atoms with Crippen LogP contribution in [0.1, 0.15) is 45.0 Å². The Hall–Kier alpha value is -0.340. The van der Waals surface area contributed by atoms with Gasteiger partial charge in [0.05, 0.1) is 0 Å². The Kier molecular flexibility index (Phi) is 4.63. The summed E-state index contributed by atoms with van der Waals surface area (Å²) in [5.41, 5.74) is 0. The Labute approximate surface area is 91.5 Å². The van der Waals surface area contributed by atoms with Crippen LogP contribution >= 0.6 is 11.3 Å². The minimum Gasteiger partial charge on any atom is -0.306 e. The molecule has 80 valence electrons. The Balaban J connectivity index is 2.56. The molecule has 0 fully saturated rings. The number of thiophene rings is 1. The highest BCUT2D eigenvalue weighted by Gasteiger charge is 2.14. The van der Waals surface area contributed by atoms with Gasteiger partial charge in [-0.15, -0.1) is 11.3 Å². The number of nitrogens with one attached hydrogen (secondary N) is 1. The summed E-state index contributed by atoms with van der Waals surface area (Å²) >= 11 is 1.85. The van der Waals surface area contributed by atoms with Gasteiger partial charge in [-0.05, 0) is 30.7 Å². The molecule has 0 aliphatic heterocycles. The Morgan fingerprint density at radius 1 is 1.36 bits per heavy atom. The molecule has 0 spiro atoms. The molecule has 0 saturated carbocycles. The van der Waals surface area contributed by atoms with Crippen molar-refractivity contribution in [1.82, 2.24) is 5.32 Å². The molecule has 1 rings (SSSR count). The molecule has 1 N–H and O–H groups in total. The highest BCUT2D eigenvalue weighted by molar-refractivity contribution is 7.10. The highest BCUT2D eigenvalue weighted by atomic mass is 32.1. The van der Waals surface area contributed by atoms with Crippen LogP contribution in [0.5, 0.6) is 0 Å². The summed E-state index contributed by atoms with van der Waals surface area (Å²) < 4.78 is 0. The molecule has 14 heavy (non-hydrogen) atoms. The Morgan fingerprint density at radius 2 is 2.07 bits per heavy atom. The van der Waals surface area contributed by atoms with Gasteiger partial charge in [0.25, 0.3) is 0 Å². The topological polar surface area (TPSA) is 12.0 Å². The molecule has 0 radical (unpaired) electrons. The summed E-state index contributed by atoms with van der Waals surface area (Å²) in [5.74, 6) is 0.698. The van der Waals surface area contributed by atoms with Gasteiger partial charge < -0.3 is 5.32 Å². The molecule has 1 aromatic rings. The maximum Gasteiger partial charge on any atom is 0.0414 e. The first-order valence-corrected chi connectivity index (χ1v) is 6.32. The fraction of sp³-hybridized carbons (Fsp3) is 0.667. The van der Waals surface area contributed by atoms with Gasteiger partial charge in [0.2, 0.25) is 0 Å². The molecule has 0 bridgehead atoms. The van der Waals surface area contributed by atoms with Crippen LogP contribution in [0.2, 0.25) is 0 Å². The number of rotatable bonds is 5. The SMILES string of the molecule is CCC(NC(C)C(C)C)c1cccs1. The maximum absolute atomic E-state index is 3.68. The van der Waals surface area contributed by atoms with Crippen molar-refractivity contribution in [1.29, 1.82) is 0 Å². The minimum absolute atomic E-state index is 0.535. The molecule has 2 heteroatoms. The maximum atomic E-state index is 3.68. The smallest absolute Gasteiger partial charge is 0.0414 e. The molecule has 2 unspecified atom stereocenters. The molecular formula is C12H21NS. The van der Waals surface area contributed by atoms with E-state index in [1.807, 2.05) is 11.3 Å². The molecule has 1 heterocycles. The zero-order valence-corrected chi connectivity index (χ0v) is 10.4. The molecule has 1 nitrogen and oxygen atoms in total. The summed E-state index contributed by atoms with van der Waals surface area (Å²) in [6.45, 7) is 9.03. The zero-order chi connectivity index (χ0) is 10.6. The Morgan fingerprint density at radius 3 is 2.50 bits per heavy atom. The molecule has 1 aromatic heterocycles. The largest absolute Gasteiger partial charge is 0.306 e. The summed E-state index contributed by atoms with van der Waals surface area (Å²) in [7, 11) is 0. The summed E-state index contributed by atoms with van der Waals surface area (Å²) in [6, 6.07) is 5.47. The van der Waals surface area contributed by atoms with E-state index in [-0.39, 0.29) is 0 Å². The van der Waals surface area contributed by atoms with E-state index in [1.165, 1.54) is 4.88 Å². The highest BCUT2D eigenvalue weighted by Crippen LogP contribution is 2.22. The van der Waals surface area contributed by atoms with Gasteiger partial charge in [-0.25, -0.2) is 0 Å². The van der Waals surface area contributed by atoms with Crippen LogP contribution in [-0.2, 0) is 0 Å². The van der Waals surface area contributed by atoms with Crippen LogP contribution in [-0.4, -0.2) is 6.04 Å². The van der Waals surface area contributed by atoms with Crippen molar-refractivity contribution in [3.05, 3.63) is 22.4 Å². The average Bonchev–Trinajstić information content (AvgIpc) is 2.66. The lowest BCUT2D eigenvalue weighted by atomic mass is 10.0. The van der Waals surface area contributed by atoms with Crippen LogP contribution < -0.4 is 5.32 Å². The fourth-order valence-electron chi connectivity index (χ4n) is 1.40. The van der Waals surface area contributed by atoms with Crippen molar-refractivity contribution in [3.63, 3.8) is 0 Å². The van der Waals surface area contributed by atoms with E-state index in [4.69, 9.17) is 0 Å². The standard InChI is InChI=1S/C12H21NS/c1-5-11(12-7-6-8-14-12)13-10(4)9(2)3/h6-11,13H,5H2,1-4H3. The molecule has 0 aliphatic carbocycles. The van der Waals surface area contributed by atoms with Crippen molar-refractivity contribution in [3.8, 4) is 0 Å². The molecule has 0 amide bonds. The van der Waals surface area contributed by atoms with Crippen LogP contribution in [0.15, 0.2) is 17.5 Å². The first-order valence-electron chi connectivity index (χ1n) is 5.44. The van der Waals surface area contributed by atoms with Crippen LogP contribution in [0.3, 0.4) is 0 Å². The van der Waals surface area contributed by atoms with Gasteiger partial charge in [0, 0.05) is 17.0 Å². The second-order valence-corrected chi connectivity index (χ2v) is 5.15. The fourth-order valence-corrected chi connectivity index (χ4v) is 2.27. The quantitative estimate of drug-likeness (QED) is 0.780. The first-order chi connectivity index (χ1) is 6.65. The zero-order valence-electron chi connectivity index (χ0n) is 9.58.